The Kier molecular flexibility index (Phi) is 2.98. The molecule has 0 amide bonds. The van der Waals surface area contributed by atoms with Crippen molar-refractivity contribution in [2.45, 2.75) is 25.7 Å². The van der Waals surface area contributed by atoms with Gasteiger partial charge in [0.25, 0.3) is 0 Å². The minimum absolute atomic E-state index is 0.348. The average molecular weight is 245 g/mol. The summed E-state index contributed by atoms with van der Waals surface area (Å²) in [5.41, 5.74) is 1.38. The van der Waals surface area contributed by atoms with E-state index in [4.69, 9.17) is 5.11 Å². The Labute approximate surface area is 107 Å². The first-order chi connectivity index (χ1) is 8.72. The van der Waals surface area contributed by atoms with E-state index in [2.05, 4.69) is 5.32 Å². The van der Waals surface area contributed by atoms with Gasteiger partial charge in [0.2, 0.25) is 0 Å². The van der Waals surface area contributed by atoms with E-state index < -0.39 is 5.97 Å². The van der Waals surface area contributed by atoms with Gasteiger partial charge in [-0.15, -0.1) is 0 Å². The number of hydrogen-bond donors (Lipinski definition) is 2. The number of rotatable bonds is 4. The standard InChI is InChI=1S/C15H19NO2/c17-15(18)11-3-5-14(6-4-11)16-9-13-8-10-1-2-12(13)7-10/h3-6,10,12-13,16H,1-2,7-9H2,(H,17,18). The van der Waals surface area contributed by atoms with Gasteiger partial charge in [-0.3, -0.25) is 0 Å². The molecular weight excluding hydrogens is 226 g/mol. The highest BCUT2D eigenvalue weighted by Crippen LogP contribution is 2.48. The molecule has 1 aromatic rings. The molecule has 2 saturated carbocycles. The van der Waals surface area contributed by atoms with Crippen LogP contribution in [0.15, 0.2) is 24.3 Å². The lowest BCUT2D eigenvalue weighted by atomic mass is 9.89. The molecule has 0 saturated heterocycles. The van der Waals surface area contributed by atoms with E-state index in [0.29, 0.717) is 5.56 Å². The van der Waals surface area contributed by atoms with Crippen LogP contribution in [0, 0.1) is 17.8 Å². The molecule has 1 aromatic carbocycles. The average Bonchev–Trinajstić information content (AvgIpc) is 2.99. The number of benzene rings is 1. The van der Waals surface area contributed by atoms with Gasteiger partial charge in [-0.1, -0.05) is 6.42 Å². The van der Waals surface area contributed by atoms with Crippen molar-refractivity contribution in [3.8, 4) is 0 Å². The topological polar surface area (TPSA) is 49.3 Å². The smallest absolute Gasteiger partial charge is 0.335 e. The first-order valence-corrected chi connectivity index (χ1v) is 6.79. The molecule has 3 unspecified atom stereocenters. The highest BCUT2D eigenvalue weighted by atomic mass is 16.4. The fourth-order valence-corrected chi connectivity index (χ4v) is 3.61. The molecule has 96 valence electrons. The van der Waals surface area contributed by atoms with Gasteiger partial charge in [0.05, 0.1) is 5.56 Å². The molecule has 3 nitrogen and oxygen atoms in total. The Morgan fingerprint density at radius 1 is 1.22 bits per heavy atom. The van der Waals surface area contributed by atoms with Crippen molar-refractivity contribution >= 4 is 11.7 Å². The highest BCUT2D eigenvalue weighted by Gasteiger charge is 2.38. The first kappa shape index (κ1) is 11.6. The second-order valence-corrected chi connectivity index (χ2v) is 5.70. The summed E-state index contributed by atoms with van der Waals surface area (Å²) in [5.74, 6) is 1.87. The zero-order chi connectivity index (χ0) is 12.5. The molecular formula is C15H19NO2. The van der Waals surface area contributed by atoms with Crippen molar-refractivity contribution in [2.75, 3.05) is 11.9 Å². The number of carbonyl (C=O) groups is 1. The molecule has 18 heavy (non-hydrogen) atoms. The predicted molar refractivity (Wildman–Crippen MR) is 70.8 cm³/mol. The molecule has 2 aliphatic rings. The molecule has 2 fully saturated rings. The van der Waals surface area contributed by atoms with Gasteiger partial charge >= 0.3 is 5.97 Å². The maximum atomic E-state index is 10.7. The normalized spacial score (nSPS) is 29.4. The van der Waals surface area contributed by atoms with Crippen molar-refractivity contribution in [1.29, 1.82) is 0 Å². The molecule has 3 atom stereocenters. The van der Waals surface area contributed by atoms with Crippen LogP contribution in [0.2, 0.25) is 0 Å². The van der Waals surface area contributed by atoms with Gasteiger partial charge in [-0.25, -0.2) is 4.79 Å². The van der Waals surface area contributed by atoms with E-state index in [1.54, 1.807) is 12.1 Å². The van der Waals surface area contributed by atoms with Crippen molar-refractivity contribution in [3.63, 3.8) is 0 Å². The molecule has 3 heteroatoms. The van der Waals surface area contributed by atoms with E-state index in [-0.39, 0.29) is 0 Å². The van der Waals surface area contributed by atoms with E-state index in [0.717, 1.165) is 30.0 Å². The van der Waals surface area contributed by atoms with Gasteiger partial charge in [0, 0.05) is 12.2 Å². The summed E-state index contributed by atoms with van der Waals surface area (Å²) in [6.45, 7) is 1.04. The molecule has 2 aliphatic carbocycles. The van der Waals surface area contributed by atoms with Crippen LogP contribution in [0.1, 0.15) is 36.0 Å². The van der Waals surface area contributed by atoms with E-state index in [1.165, 1.54) is 25.7 Å². The molecule has 0 aliphatic heterocycles. The number of carboxylic acid groups (broad SMARTS) is 1. The monoisotopic (exact) mass is 245 g/mol. The van der Waals surface area contributed by atoms with Crippen LogP contribution in [0.25, 0.3) is 0 Å². The van der Waals surface area contributed by atoms with Crippen LogP contribution in [-0.4, -0.2) is 17.6 Å². The maximum Gasteiger partial charge on any atom is 0.335 e. The van der Waals surface area contributed by atoms with Crippen molar-refractivity contribution in [3.05, 3.63) is 29.8 Å². The van der Waals surface area contributed by atoms with Crippen molar-refractivity contribution in [2.24, 2.45) is 17.8 Å². The summed E-state index contributed by atoms with van der Waals surface area (Å²) < 4.78 is 0. The van der Waals surface area contributed by atoms with Crippen LogP contribution in [0.5, 0.6) is 0 Å². The Bertz CT molecular complexity index is 440. The second kappa shape index (κ2) is 4.63. The number of anilines is 1. The number of nitrogens with one attached hydrogen (secondary N) is 1. The lowest BCUT2D eigenvalue weighted by Gasteiger charge is -2.22. The molecule has 2 bridgehead atoms. The lowest BCUT2D eigenvalue weighted by molar-refractivity contribution is 0.0697. The van der Waals surface area contributed by atoms with Crippen molar-refractivity contribution in [1.82, 2.24) is 0 Å². The number of hydrogen-bond acceptors (Lipinski definition) is 2. The molecule has 0 heterocycles. The first-order valence-electron chi connectivity index (χ1n) is 6.79. The SMILES string of the molecule is O=C(O)c1ccc(NCC2CC3CCC2C3)cc1. The predicted octanol–water partition coefficient (Wildman–Crippen LogP) is 3.23. The summed E-state index contributed by atoms with van der Waals surface area (Å²) in [6, 6.07) is 7.03. The molecule has 0 radical (unpaired) electrons. The van der Waals surface area contributed by atoms with Crippen LogP contribution in [-0.2, 0) is 0 Å². The lowest BCUT2D eigenvalue weighted by Crippen LogP contribution is -2.20. The molecule has 2 N–H and O–H groups in total. The maximum absolute atomic E-state index is 10.7. The summed E-state index contributed by atoms with van der Waals surface area (Å²) in [7, 11) is 0. The van der Waals surface area contributed by atoms with Crippen molar-refractivity contribution < 1.29 is 9.90 Å². The van der Waals surface area contributed by atoms with Gasteiger partial charge in [0.15, 0.2) is 0 Å². The van der Waals surface area contributed by atoms with Crippen LogP contribution in [0.4, 0.5) is 5.69 Å². The number of aromatic carboxylic acids is 1. The van der Waals surface area contributed by atoms with Gasteiger partial charge < -0.3 is 10.4 Å². The van der Waals surface area contributed by atoms with E-state index in [9.17, 15) is 4.79 Å². The quantitative estimate of drug-likeness (QED) is 0.856. The van der Waals surface area contributed by atoms with E-state index >= 15 is 0 Å². The minimum Gasteiger partial charge on any atom is -0.478 e. The largest absolute Gasteiger partial charge is 0.478 e. The third-order valence-electron chi connectivity index (χ3n) is 4.58. The third-order valence-corrected chi connectivity index (χ3v) is 4.58. The van der Waals surface area contributed by atoms with Crippen LogP contribution < -0.4 is 5.32 Å². The third kappa shape index (κ3) is 2.22. The molecule has 3 rings (SSSR count). The Balaban J connectivity index is 1.55. The number of fused-ring (bicyclic) bond motifs is 2. The second-order valence-electron chi connectivity index (χ2n) is 5.70. The minimum atomic E-state index is -0.866. The van der Waals surface area contributed by atoms with Crippen LogP contribution >= 0.6 is 0 Å². The summed E-state index contributed by atoms with van der Waals surface area (Å²) in [6.07, 6.45) is 5.67. The molecule has 0 spiro atoms. The zero-order valence-electron chi connectivity index (χ0n) is 10.4. The van der Waals surface area contributed by atoms with E-state index in [1.807, 2.05) is 12.1 Å². The van der Waals surface area contributed by atoms with Crippen LogP contribution in [0.3, 0.4) is 0 Å². The Morgan fingerprint density at radius 3 is 2.56 bits per heavy atom. The summed E-state index contributed by atoms with van der Waals surface area (Å²) in [4.78, 5) is 10.7. The van der Waals surface area contributed by atoms with Gasteiger partial charge in [-0.05, 0) is 61.3 Å². The summed E-state index contributed by atoms with van der Waals surface area (Å²) in [5, 5.41) is 12.3. The fourth-order valence-electron chi connectivity index (χ4n) is 3.61. The number of carboxylic acids is 1. The summed E-state index contributed by atoms with van der Waals surface area (Å²) >= 11 is 0. The van der Waals surface area contributed by atoms with Gasteiger partial charge in [0.1, 0.15) is 0 Å². The Hall–Kier alpha value is -1.51. The molecule has 0 aromatic heterocycles. The highest BCUT2D eigenvalue weighted by molar-refractivity contribution is 5.87. The van der Waals surface area contributed by atoms with Gasteiger partial charge in [-0.2, -0.15) is 0 Å². The fraction of sp³-hybridized carbons (Fsp3) is 0.533. The Morgan fingerprint density at radius 2 is 2.00 bits per heavy atom. The zero-order valence-corrected chi connectivity index (χ0v) is 10.4.